The number of amides is 3. The Morgan fingerprint density at radius 2 is 1.56 bits per heavy atom. The molecule has 4 aromatic carbocycles. The Kier molecular flexibility index (Phi) is 8.20. The summed E-state index contributed by atoms with van der Waals surface area (Å²) in [5.74, 6) is -0.820. The van der Waals surface area contributed by atoms with Crippen LogP contribution in [0.1, 0.15) is 11.1 Å². The highest BCUT2D eigenvalue weighted by atomic mass is 16.5. The van der Waals surface area contributed by atoms with Crippen LogP contribution in [-0.2, 0) is 22.6 Å². The first-order valence-corrected chi connectivity index (χ1v) is 12.8. The van der Waals surface area contributed by atoms with Crippen molar-refractivity contribution in [3.8, 4) is 11.1 Å². The minimum atomic E-state index is -1.16. The van der Waals surface area contributed by atoms with Gasteiger partial charge in [-0.05, 0) is 46.5 Å². The third kappa shape index (κ3) is 7.27. The molecule has 10 heteroatoms. The number of rotatable bonds is 9. The number of alkyl carbamates (subject to hydrolysis) is 1. The molecule has 5 rings (SSSR count). The van der Waals surface area contributed by atoms with E-state index in [0.717, 1.165) is 33.3 Å². The highest BCUT2D eigenvalue weighted by Crippen LogP contribution is 2.24. The van der Waals surface area contributed by atoms with Gasteiger partial charge in [-0.25, -0.2) is 19.4 Å². The molecule has 206 valence electrons. The summed E-state index contributed by atoms with van der Waals surface area (Å²) >= 11 is 0. The Morgan fingerprint density at radius 3 is 2.32 bits per heavy atom. The van der Waals surface area contributed by atoms with Crippen molar-refractivity contribution in [3.63, 3.8) is 0 Å². The van der Waals surface area contributed by atoms with Crippen LogP contribution in [0, 0.1) is 0 Å². The molecule has 0 saturated carbocycles. The van der Waals surface area contributed by atoms with Gasteiger partial charge in [0, 0.05) is 12.1 Å². The number of anilines is 2. The minimum absolute atomic E-state index is 0.0448. The van der Waals surface area contributed by atoms with E-state index < -0.39 is 24.1 Å². The number of carbonyl (C=O) groups is 3. The number of para-hydroxylation sites is 2. The van der Waals surface area contributed by atoms with Crippen LogP contribution in [0.5, 0.6) is 0 Å². The Labute approximate surface area is 235 Å². The van der Waals surface area contributed by atoms with E-state index in [-0.39, 0.29) is 13.0 Å². The summed E-state index contributed by atoms with van der Waals surface area (Å²) in [6.45, 7) is 0.0448. The van der Waals surface area contributed by atoms with Crippen molar-refractivity contribution in [2.24, 2.45) is 0 Å². The Hall–Kier alpha value is -5.64. The molecule has 0 aliphatic carbocycles. The molecule has 0 unspecified atom stereocenters. The van der Waals surface area contributed by atoms with Gasteiger partial charge in [0.2, 0.25) is 5.95 Å². The number of urea groups is 1. The number of carboxylic acid groups (broad SMARTS) is 1. The average Bonchev–Trinajstić information content (AvgIpc) is 3.39. The first-order valence-electron chi connectivity index (χ1n) is 12.8. The molecule has 0 radical (unpaired) electrons. The first kappa shape index (κ1) is 26.9. The number of aromatic nitrogens is 2. The van der Waals surface area contributed by atoms with Gasteiger partial charge in [0.1, 0.15) is 12.6 Å². The molecule has 0 bridgehead atoms. The fourth-order valence-corrected chi connectivity index (χ4v) is 4.23. The molecule has 1 atom stereocenters. The number of aromatic amines is 1. The number of hydrogen-bond donors (Lipinski definition) is 5. The van der Waals surface area contributed by atoms with Crippen molar-refractivity contribution in [1.29, 1.82) is 0 Å². The summed E-state index contributed by atoms with van der Waals surface area (Å²) in [6, 6.07) is 29.7. The molecule has 0 aliphatic heterocycles. The second-order valence-electron chi connectivity index (χ2n) is 9.26. The van der Waals surface area contributed by atoms with Crippen LogP contribution in [0.3, 0.4) is 0 Å². The summed E-state index contributed by atoms with van der Waals surface area (Å²) in [4.78, 5) is 43.9. The van der Waals surface area contributed by atoms with Crippen LogP contribution >= 0.6 is 0 Å². The quantitative estimate of drug-likeness (QED) is 0.157. The predicted octanol–water partition coefficient (Wildman–Crippen LogP) is 5.80. The highest BCUT2D eigenvalue weighted by Gasteiger charge is 2.21. The van der Waals surface area contributed by atoms with Crippen LogP contribution in [0.4, 0.5) is 21.2 Å². The lowest BCUT2D eigenvalue weighted by Crippen LogP contribution is -2.42. The molecule has 3 amide bonds. The van der Waals surface area contributed by atoms with E-state index in [1.165, 1.54) is 0 Å². The van der Waals surface area contributed by atoms with Crippen molar-refractivity contribution < 1.29 is 24.2 Å². The van der Waals surface area contributed by atoms with E-state index in [2.05, 4.69) is 25.9 Å². The molecule has 5 N–H and O–H groups in total. The molecule has 10 nitrogen and oxygen atoms in total. The number of carbonyl (C=O) groups excluding carboxylic acids is 2. The van der Waals surface area contributed by atoms with Crippen molar-refractivity contribution >= 4 is 40.8 Å². The van der Waals surface area contributed by atoms with Crippen molar-refractivity contribution in [2.45, 2.75) is 19.1 Å². The van der Waals surface area contributed by atoms with Crippen LogP contribution in [-0.4, -0.2) is 39.2 Å². The van der Waals surface area contributed by atoms with Gasteiger partial charge < -0.3 is 25.5 Å². The number of aliphatic carboxylic acids is 1. The number of imidazole rings is 1. The number of carboxylic acids is 1. The Morgan fingerprint density at radius 1 is 0.805 bits per heavy atom. The number of nitrogens with one attached hydrogen (secondary N) is 4. The molecule has 0 aliphatic rings. The van der Waals surface area contributed by atoms with Gasteiger partial charge in [-0.15, -0.1) is 0 Å². The number of fused-ring (bicyclic) bond motifs is 1. The number of nitrogens with zero attached hydrogens (tertiary/aromatic N) is 1. The smallest absolute Gasteiger partial charge is 0.408 e. The fraction of sp³-hybridized carbons (Fsp3) is 0.0968. The molecule has 1 aromatic heterocycles. The molecular formula is C31H27N5O5. The van der Waals surface area contributed by atoms with Gasteiger partial charge in [0.25, 0.3) is 0 Å². The number of hydrogen-bond acceptors (Lipinski definition) is 5. The maximum Gasteiger partial charge on any atom is 0.408 e. The lowest BCUT2D eigenvalue weighted by Gasteiger charge is -2.15. The van der Waals surface area contributed by atoms with Gasteiger partial charge in [-0.2, -0.15) is 0 Å². The molecule has 1 heterocycles. The minimum Gasteiger partial charge on any atom is -0.480 e. The fourth-order valence-electron chi connectivity index (χ4n) is 4.23. The lowest BCUT2D eigenvalue weighted by molar-refractivity contribution is -0.139. The molecule has 41 heavy (non-hydrogen) atoms. The van der Waals surface area contributed by atoms with Gasteiger partial charge in [0.15, 0.2) is 0 Å². The summed E-state index contributed by atoms with van der Waals surface area (Å²) in [6.07, 6.45) is -0.717. The van der Waals surface area contributed by atoms with E-state index in [9.17, 15) is 19.5 Å². The number of H-pyrrole nitrogens is 1. The van der Waals surface area contributed by atoms with Gasteiger partial charge >= 0.3 is 18.1 Å². The van der Waals surface area contributed by atoms with Crippen LogP contribution in [0.25, 0.3) is 22.2 Å². The number of ether oxygens (including phenoxy) is 1. The van der Waals surface area contributed by atoms with Crippen molar-refractivity contribution in [3.05, 3.63) is 114 Å². The third-order valence-electron chi connectivity index (χ3n) is 6.27. The van der Waals surface area contributed by atoms with Crippen molar-refractivity contribution in [1.82, 2.24) is 15.3 Å². The second kappa shape index (κ2) is 12.5. The zero-order valence-corrected chi connectivity index (χ0v) is 21.8. The zero-order valence-electron chi connectivity index (χ0n) is 21.8. The maximum atomic E-state index is 12.5. The van der Waals surface area contributed by atoms with Crippen LogP contribution in [0.2, 0.25) is 0 Å². The summed E-state index contributed by atoms with van der Waals surface area (Å²) in [7, 11) is 0. The van der Waals surface area contributed by atoms with Crippen molar-refractivity contribution in [2.75, 3.05) is 10.6 Å². The lowest BCUT2D eigenvalue weighted by atomic mass is 10.0. The van der Waals surface area contributed by atoms with Gasteiger partial charge in [-0.1, -0.05) is 78.9 Å². The first-order chi connectivity index (χ1) is 19.9. The normalized spacial score (nSPS) is 11.4. The molecule has 5 aromatic rings. The van der Waals surface area contributed by atoms with E-state index >= 15 is 0 Å². The monoisotopic (exact) mass is 549 g/mol. The van der Waals surface area contributed by atoms with E-state index in [4.69, 9.17) is 4.74 Å². The average molecular weight is 550 g/mol. The standard InChI is InChI=1S/C31H27N5O5/c37-28(38)27(35-31(40)41-19-21-7-2-1-3-8-21)17-20-13-15-22(16-14-20)23-9-6-10-24(18-23)32-30(39)36-29-33-25-11-4-5-12-26(25)34-29/h1-16,18,27H,17,19H2,(H,35,40)(H,37,38)(H3,32,33,34,36,39)/t27-/m1/s1. The molecular weight excluding hydrogens is 522 g/mol. The van der Waals surface area contributed by atoms with E-state index in [1.807, 2.05) is 84.9 Å². The Bertz CT molecular complexity index is 1630. The third-order valence-corrected chi connectivity index (χ3v) is 6.27. The Balaban J connectivity index is 1.17. The van der Waals surface area contributed by atoms with E-state index in [1.54, 1.807) is 18.2 Å². The van der Waals surface area contributed by atoms with Crippen LogP contribution < -0.4 is 16.0 Å². The van der Waals surface area contributed by atoms with Gasteiger partial charge in [-0.3, -0.25) is 5.32 Å². The highest BCUT2D eigenvalue weighted by molar-refractivity contribution is 5.99. The summed E-state index contributed by atoms with van der Waals surface area (Å²) in [5.41, 5.74) is 5.42. The van der Waals surface area contributed by atoms with E-state index in [0.29, 0.717) is 11.6 Å². The second-order valence-corrected chi connectivity index (χ2v) is 9.26. The number of benzene rings is 4. The van der Waals surface area contributed by atoms with Gasteiger partial charge in [0.05, 0.1) is 11.0 Å². The summed E-state index contributed by atoms with van der Waals surface area (Å²) < 4.78 is 5.16. The SMILES string of the molecule is O=C(Nc1cccc(-c2ccc(C[C@@H](NC(=O)OCc3ccccc3)C(=O)O)cc2)c1)Nc1nc2ccccc2[nH]1. The maximum absolute atomic E-state index is 12.5. The molecule has 0 fully saturated rings. The summed E-state index contributed by atoms with van der Waals surface area (Å²) in [5, 5.41) is 17.5. The largest absolute Gasteiger partial charge is 0.480 e. The predicted molar refractivity (Wildman–Crippen MR) is 156 cm³/mol. The zero-order chi connectivity index (χ0) is 28.6. The molecule has 0 spiro atoms. The topological polar surface area (TPSA) is 145 Å². The van der Waals surface area contributed by atoms with Crippen LogP contribution in [0.15, 0.2) is 103 Å². The molecule has 0 saturated heterocycles.